The average Bonchev–Trinajstić information content (AvgIpc) is 2.54. The van der Waals surface area contributed by atoms with Crippen molar-refractivity contribution < 1.29 is 24.2 Å². The number of hydrogen-bond donors (Lipinski definition) is 2. The van der Waals surface area contributed by atoms with Gasteiger partial charge in [-0.25, -0.2) is 0 Å². The van der Waals surface area contributed by atoms with Crippen molar-refractivity contribution in [2.45, 2.75) is 12.5 Å². The summed E-state index contributed by atoms with van der Waals surface area (Å²) in [6.45, 7) is 2.02. The molecule has 1 aromatic rings. The Morgan fingerprint density at radius 1 is 1.32 bits per heavy atom. The highest BCUT2D eigenvalue weighted by Crippen LogP contribution is 2.16. The first-order valence-corrected chi connectivity index (χ1v) is 7.08. The number of carboxylic acids is 1. The number of ether oxygens (including phenoxy) is 2. The van der Waals surface area contributed by atoms with Crippen LogP contribution in [0, 0.1) is 0 Å². The lowest BCUT2D eigenvalue weighted by Gasteiger charge is -2.31. The number of benzene rings is 1. The van der Waals surface area contributed by atoms with Crippen LogP contribution >= 0.6 is 0 Å². The molecule has 0 aromatic heterocycles. The Labute approximate surface area is 128 Å². The van der Waals surface area contributed by atoms with Crippen LogP contribution in [0.4, 0.5) is 5.69 Å². The van der Waals surface area contributed by atoms with Gasteiger partial charge in [-0.15, -0.1) is 0 Å². The number of carboxylic acid groups (broad SMARTS) is 1. The molecule has 1 aliphatic heterocycles. The molecule has 1 saturated heterocycles. The summed E-state index contributed by atoms with van der Waals surface area (Å²) in [5, 5.41) is 12.0. The van der Waals surface area contributed by atoms with E-state index in [9.17, 15) is 14.7 Å². The van der Waals surface area contributed by atoms with Crippen LogP contribution in [0.15, 0.2) is 24.3 Å². The van der Waals surface area contributed by atoms with Crippen LogP contribution in [-0.4, -0.2) is 61.3 Å². The minimum Gasteiger partial charge on any atom is -0.497 e. The summed E-state index contributed by atoms with van der Waals surface area (Å²) in [5.74, 6) is -0.634. The van der Waals surface area contributed by atoms with E-state index in [1.165, 1.54) is 0 Å². The van der Waals surface area contributed by atoms with Crippen molar-refractivity contribution in [1.82, 2.24) is 4.90 Å². The Morgan fingerprint density at radius 3 is 2.50 bits per heavy atom. The number of methoxy groups -OCH3 is 1. The highest BCUT2D eigenvalue weighted by atomic mass is 16.5. The summed E-state index contributed by atoms with van der Waals surface area (Å²) < 4.78 is 10.2. The van der Waals surface area contributed by atoms with Gasteiger partial charge < -0.3 is 19.9 Å². The standard InChI is InChI=1S/C15H20N2O5/c1-21-12-4-2-11(3-5-12)16-14(18)10-13(15(19)20)17-6-8-22-9-7-17/h2-5,13H,6-10H2,1H3,(H,16,18)(H,19,20)/t13-/m1/s1. The van der Waals surface area contributed by atoms with Crippen LogP contribution in [-0.2, 0) is 14.3 Å². The highest BCUT2D eigenvalue weighted by molar-refractivity contribution is 5.94. The number of morpholine rings is 1. The number of amides is 1. The van der Waals surface area contributed by atoms with Crippen LogP contribution in [0.1, 0.15) is 6.42 Å². The first-order valence-electron chi connectivity index (χ1n) is 7.08. The van der Waals surface area contributed by atoms with Gasteiger partial charge in [0.2, 0.25) is 5.91 Å². The van der Waals surface area contributed by atoms with Crippen molar-refractivity contribution in [2.24, 2.45) is 0 Å². The van der Waals surface area contributed by atoms with E-state index in [4.69, 9.17) is 9.47 Å². The SMILES string of the molecule is COc1ccc(NC(=O)C[C@H](C(=O)O)N2CCOCC2)cc1. The van der Waals surface area contributed by atoms with Gasteiger partial charge in [0.25, 0.3) is 0 Å². The third kappa shape index (κ3) is 4.44. The second-order valence-electron chi connectivity index (χ2n) is 4.98. The number of carbonyl (C=O) groups excluding carboxylic acids is 1. The summed E-state index contributed by atoms with van der Waals surface area (Å²) in [4.78, 5) is 25.2. The van der Waals surface area contributed by atoms with Crippen molar-refractivity contribution in [2.75, 3.05) is 38.7 Å². The van der Waals surface area contributed by atoms with Gasteiger partial charge >= 0.3 is 5.97 Å². The zero-order valence-corrected chi connectivity index (χ0v) is 12.4. The van der Waals surface area contributed by atoms with E-state index in [0.717, 1.165) is 0 Å². The van der Waals surface area contributed by atoms with Crippen LogP contribution in [0.5, 0.6) is 5.75 Å². The first-order chi connectivity index (χ1) is 10.6. The molecular formula is C15H20N2O5. The van der Waals surface area contributed by atoms with E-state index in [0.29, 0.717) is 37.7 Å². The Morgan fingerprint density at radius 2 is 1.95 bits per heavy atom. The fourth-order valence-corrected chi connectivity index (χ4v) is 2.32. The number of anilines is 1. The lowest BCUT2D eigenvalue weighted by molar-refractivity contribution is -0.147. The Bertz CT molecular complexity index is 511. The van der Waals surface area contributed by atoms with Gasteiger partial charge in [0.05, 0.1) is 26.7 Å². The van der Waals surface area contributed by atoms with Gasteiger partial charge in [-0.05, 0) is 24.3 Å². The quantitative estimate of drug-likeness (QED) is 0.808. The third-order valence-corrected chi connectivity index (χ3v) is 3.52. The molecular weight excluding hydrogens is 288 g/mol. The van der Waals surface area contributed by atoms with E-state index in [2.05, 4.69) is 5.32 Å². The molecule has 1 aromatic carbocycles. The van der Waals surface area contributed by atoms with Crippen molar-refractivity contribution in [1.29, 1.82) is 0 Å². The van der Waals surface area contributed by atoms with E-state index >= 15 is 0 Å². The van der Waals surface area contributed by atoms with Crippen molar-refractivity contribution >= 4 is 17.6 Å². The minimum absolute atomic E-state index is 0.0959. The molecule has 1 aliphatic rings. The van der Waals surface area contributed by atoms with E-state index in [1.54, 1.807) is 36.3 Å². The molecule has 7 heteroatoms. The van der Waals surface area contributed by atoms with Gasteiger partial charge in [-0.1, -0.05) is 0 Å². The fourth-order valence-electron chi connectivity index (χ4n) is 2.32. The van der Waals surface area contributed by atoms with E-state index in [-0.39, 0.29) is 12.3 Å². The topological polar surface area (TPSA) is 88.1 Å². The Hall–Kier alpha value is -2.12. The summed E-state index contributed by atoms with van der Waals surface area (Å²) in [5.41, 5.74) is 0.608. The van der Waals surface area contributed by atoms with Crippen molar-refractivity contribution in [3.63, 3.8) is 0 Å². The lowest BCUT2D eigenvalue weighted by atomic mass is 10.1. The molecule has 1 heterocycles. The van der Waals surface area contributed by atoms with Crippen LogP contribution in [0.3, 0.4) is 0 Å². The molecule has 0 bridgehead atoms. The van der Waals surface area contributed by atoms with Crippen LogP contribution < -0.4 is 10.1 Å². The largest absolute Gasteiger partial charge is 0.497 e. The smallest absolute Gasteiger partial charge is 0.321 e. The normalized spacial score (nSPS) is 16.8. The van der Waals surface area contributed by atoms with Gasteiger partial charge in [-0.3, -0.25) is 14.5 Å². The molecule has 0 radical (unpaired) electrons. The zero-order valence-electron chi connectivity index (χ0n) is 12.4. The zero-order chi connectivity index (χ0) is 15.9. The third-order valence-electron chi connectivity index (χ3n) is 3.52. The number of rotatable bonds is 6. The molecule has 22 heavy (non-hydrogen) atoms. The number of carbonyl (C=O) groups is 2. The van der Waals surface area contributed by atoms with Gasteiger partial charge in [-0.2, -0.15) is 0 Å². The van der Waals surface area contributed by atoms with Crippen LogP contribution in [0.25, 0.3) is 0 Å². The molecule has 7 nitrogen and oxygen atoms in total. The summed E-state index contributed by atoms with van der Waals surface area (Å²) in [6.07, 6.45) is -0.0959. The number of aliphatic carboxylic acids is 1. The second-order valence-corrected chi connectivity index (χ2v) is 4.98. The summed E-state index contributed by atoms with van der Waals surface area (Å²) in [7, 11) is 1.56. The maximum absolute atomic E-state index is 12.1. The molecule has 1 fully saturated rings. The Balaban J connectivity index is 1.93. The second kappa shape index (κ2) is 7.77. The number of hydrogen-bond acceptors (Lipinski definition) is 5. The molecule has 2 N–H and O–H groups in total. The molecule has 0 aliphatic carbocycles. The lowest BCUT2D eigenvalue weighted by Crippen LogP contribution is -2.48. The minimum atomic E-state index is -0.994. The number of nitrogens with one attached hydrogen (secondary N) is 1. The summed E-state index contributed by atoms with van der Waals surface area (Å²) in [6, 6.07) is 6.04. The highest BCUT2D eigenvalue weighted by Gasteiger charge is 2.29. The summed E-state index contributed by atoms with van der Waals surface area (Å²) >= 11 is 0. The van der Waals surface area contributed by atoms with Crippen molar-refractivity contribution in [3.05, 3.63) is 24.3 Å². The predicted molar refractivity (Wildman–Crippen MR) is 80.1 cm³/mol. The number of nitrogens with zero attached hydrogens (tertiary/aromatic N) is 1. The first kappa shape index (κ1) is 16.3. The molecule has 1 atom stereocenters. The molecule has 0 saturated carbocycles. The van der Waals surface area contributed by atoms with Crippen LogP contribution in [0.2, 0.25) is 0 Å². The van der Waals surface area contributed by atoms with Gasteiger partial charge in [0.15, 0.2) is 0 Å². The van der Waals surface area contributed by atoms with E-state index in [1.807, 2.05) is 0 Å². The van der Waals surface area contributed by atoms with Crippen molar-refractivity contribution in [3.8, 4) is 5.75 Å². The van der Waals surface area contributed by atoms with Gasteiger partial charge in [0.1, 0.15) is 11.8 Å². The molecule has 120 valence electrons. The molecule has 1 amide bonds. The Kier molecular flexibility index (Phi) is 5.74. The monoisotopic (exact) mass is 308 g/mol. The fraction of sp³-hybridized carbons (Fsp3) is 0.467. The molecule has 0 unspecified atom stereocenters. The van der Waals surface area contributed by atoms with Gasteiger partial charge in [0, 0.05) is 18.8 Å². The van der Waals surface area contributed by atoms with E-state index < -0.39 is 12.0 Å². The maximum Gasteiger partial charge on any atom is 0.321 e. The average molecular weight is 308 g/mol. The molecule has 2 rings (SSSR count). The predicted octanol–water partition coefficient (Wildman–Crippen LogP) is 0.809. The maximum atomic E-state index is 12.1. The molecule has 0 spiro atoms.